The lowest BCUT2D eigenvalue weighted by molar-refractivity contribution is 0.0693. The Labute approximate surface area is 146 Å². The van der Waals surface area contributed by atoms with Crippen LogP contribution in [0.5, 0.6) is 5.75 Å². The zero-order valence-corrected chi connectivity index (χ0v) is 14.2. The van der Waals surface area contributed by atoms with Gasteiger partial charge in [0.25, 0.3) is 0 Å². The first-order valence-corrected chi connectivity index (χ1v) is 8.08. The second kappa shape index (κ2) is 6.84. The molecule has 3 rings (SSSR count). The summed E-state index contributed by atoms with van der Waals surface area (Å²) in [6.07, 6.45) is 0.837. The Bertz CT molecular complexity index is 819. The van der Waals surface area contributed by atoms with Crippen molar-refractivity contribution in [3.63, 3.8) is 0 Å². The molecule has 6 nitrogen and oxygen atoms in total. The summed E-state index contributed by atoms with van der Waals surface area (Å²) in [6.45, 7) is 2.47. The van der Waals surface area contributed by atoms with Crippen molar-refractivity contribution in [3.8, 4) is 5.75 Å². The van der Waals surface area contributed by atoms with Crippen LogP contribution in [0.4, 0.5) is 10.5 Å². The van der Waals surface area contributed by atoms with Gasteiger partial charge in [0.15, 0.2) is 0 Å². The molecule has 0 aromatic heterocycles. The van der Waals surface area contributed by atoms with Crippen LogP contribution in [0.1, 0.15) is 34.5 Å². The van der Waals surface area contributed by atoms with E-state index in [-0.39, 0.29) is 17.6 Å². The molecule has 6 heteroatoms. The lowest BCUT2D eigenvalue weighted by Crippen LogP contribution is -2.40. The molecule has 0 radical (unpaired) electrons. The number of carbonyl (C=O) groups excluding carboxylic acids is 1. The third-order valence-corrected chi connectivity index (χ3v) is 4.43. The van der Waals surface area contributed by atoms with E-state index in [2.05, 4.69) is 5.32 Å². The van der Waals surface area contributed by atoms with E-state index in [1.807, 2.05) is 31.2 Å². The second-order valence-electron chi connectivity index (χ2n) is 5.97. The molecular formula is C19H20N2O4. The predicted octanol–water partition coefficient (Wildman–Crippen LogP) is 3.23. The van der Waals surface area contributed by atoms with E-state index in [1.54, 1.807) is 17.0 Å². The third kappa shape index (κ3) is 3.28. The largest absolute Gasteiger partial charge is 0.496 e. The molecule has 2 aromatic carbocycles. The third-order valence-electron chi connectivity index (χ3n) is 4.43. The number of carboxylic acids is 1. The number of anilines is 1. The fourth-order valence-electron chi connectivity index (χ4n) is 3.06. The number of carbonyl (C=O) groups is 2. The molecule has 1 atom stereocenters. The Morgan fingerprint density at radius 1 is 1.24 bits per heavy atom. The summed E-state index contributed by atoms with van der Waals surface area (Å²) in [7, 11) is 1.43. The maximum atomic E-state index is 12.6. The first-order chi connectivity index (χ1) is 12.0. The molecule has 1 aliphatic rings. The van der Waals surface area contributed by atoms with E-state index >= 15 is 0 Å². The lowest BCUT2D eigenvalue weighted by atomic mass is 10.0. The molecule has 2 amide bonds. The molecule has 1 heterocycles. The molecule has 25 heavy (non-hydrogen) atoms. The normalized spacial score (nSPS) is 13.9. The molecule has 130 valence electrons. The van der Waals surface area contributed by atoms with Crippen molar-refractivity contribution in [2.24, 2.45) is 0 Å². The molecular weight excluding hydrogens is 320 g/mol. The number of ether oxygens (including phenoxy) is 1. The van der Waals surface area contributed by atoms with Gasteiger partial charge in [0, 0.05) is 12.2 Å². The van der Waals surface area contributed by atoms with E-state index < -0.39 is 5.97 Å². The average Bonchev–Trinajstić information content (AvgIpc) is 3.05. The van der Waals surface area contributed by atoms with Crippen LogP contribution < -0.4 is 15.0 Å². The molecule has 0 saturated carbocycles. The molecule has 0 spiro atoms. The number of hydrogen-bond donors (Lipinski definition) is 2. The highest BCUT2D eigenvalue weighted by Crippen LogP contribution is 2.28. The predicted molar refractivity (Wildman–Crippen MR) is 94.4 cm³/mol. The van der Waals surface area contributed by atoms with Crippen molar-refractivity contribution >= 4 is 17.7 Å². The van der Waals surface area contributed by atoms with Gasteiger partial charge in [0.05, 0.1) is 13.2 Å². The zero-order valence-electron chi connectivity index (χ0n) is 14.2. The highest BCUT2D eigenvalue weighted by atomic mass is 16.5. The molecule has 0 bridgehead atoms. The number of carboxylic acid groups (broad SMARTS) is 1. The fraction of sp³-hybridized carbons (Fsp3) is 0.263. The maximum absolute atomic E-state index is 12.6. The van der Waals surface area contributed by atoms with Crippen LogP contribution in [0, 0.1) is 0 Å². The number of nitrogens with zero attached hydrogens (tertiary/aromatic N) is 1. The summed E-state index contributed by atoms with van der Waals surface area (Å²) in [4.78, 5) is 25.7. The van der Waals surface area contributed by atoms with Crippen LogP contribution in [0.2, 0.25) is 0 Å². The van der Waals surface area contributed by atoms with E-state index in [0.717, 1.165) is 17.7 Å². The molecule has 2 N–H and O–H groups in total. The molecule has 0 saturated heterocycles. The summed E-state index contributed by atoms with van der Waals surface area (Å²) < 4.78 is 5.07. The minimum atomic E-state index is -1.06. The van der Waals surface area contributed by atoms with Crippen molar-refractivity contribution in [1.29, 1.82) is 0 Å². The van der Waals surface area contributed by atoms with E-state index in [9.17, 15) is 14.7 Å². The number of amides is 2. The Kier molecular flexibility index (Phi) is 4.61. The maximum Gasteiger partial charge on any atom is 0.339 e. The zero-order chi connectivity index (χ0) is 18.0. The van der Waals surface area contributed by atoms with Gasteiger partial charge in [-0.2, -0.15) is 0 Å². The summed E-state index contributed by atoms with van der Waals surface area (Å²) in [5.74, 6) is -0.769. The molecule has 0 aliphatic carbocycles. The van der Waals surface area contributed by atoms with E-state index in [4.69, 9.17) is 4.74 Å². The number of nitrogens with one attached hydrogen (secondary N) is 1. The average molecular weight is 340 g/mol. The number of fused-ring (bicyclic) bond motifs is 1. The number of aromatic carboxylic acids is 1. The summed E-state index contributed by atoms with van der Waals surface area (Å²) >= 11 is 0. The topological polar surface area (TPSA) is 78.9 Å². The monoisotopic (exact) mass is 340 g/mol. The Morgan fingerprint density at radius 2 is 2.00 bits per heavy atom. The lowest BCUT2D eigenvalue weighted by Gasteiger charge is -2.22. The van der Waals surface area contributed by atoms with Crippen LogP contribution in [-0.4, -0.2) is 30.8 Å². The fourth-order valence-corrected chi connectivity index (χ4v) is 3.06. The minimum Gasteiger partial charge on any atom is -0.496 e. The number of hydrogen-bond acceptors (Lipinski definition) is 3. The van der Waals surface area contributed by atoms with Gasteiger partial charge in [-0.05, 0) is 42.7 Å². The number of para-hydroxylation sites is 1. The summed E-state index contributed by atoms with van der Waals surface area (Å²) in [5.41, 5.74) is 2.86. The van der Waals surface area contributed by atoms with Gasteiger partial charge in [-0.1, -0.05) is 24.3 Å². The molecule has 2 aromatic rings. The van der Waals surface area contributed by atoms with Crippen molar-refractivity contribution in [2.75, 3.05) is 18.6 Å². The standard InChI is InChI=1S/C19H20N2O4/c1-12(14-7-8-17(25-2)15(11-14)18(22)23)20-19(24)21-10-9-13-5-3-4-6-16(13)21/h3-8,11-12H,9-10H2,1-2H3,(H,20,24)(H,22,23)/t12-/m0/s1. The minimum absolute atomic E-state index is 0.0765. The van der Waals surface area contributed by atoms with Gasteiger partial charge >= 0.3 is 12.0 Å². The van der Waals surface area contributed by atoms with Crippen molar-refractivity contribution in [3.05, 3.63) is 59.2 Å². The Morgan fingerprint density at radius 3 is 2.72 bits per heavy atom. The van der Waals surface area contributed by atoms with Gasteiger partial charge < -0.3 is 15.2 Å². The highest BCUT2D eigenvalue weighted by molar-refractivity contribution is 5.94. The van der Waals surface area contributed by atoms with Crippen LogP contribution >= 0.6 is 0 Å². The Hall–Kier alpha value is -3.02. The van der Waals surface area contributed by atoms with E-state index in [0.29, 0.717) is 17.9 Å². The smallest absolute Gasteiger partial charge is 0.339 e. The van der Waals surface area contributed by atoms with Gasteiger partial charge in [-0.15, -0.1) is 0 Å². The summed E-state index contributed by atoms with van der Waals surface area (Å²) in [6, 6.07) is 12.2. The Balaban J connectivity index is 1.76. The van der Waals surface area contributed by atoms with Crippen molar-refractivity contribution < 1.29 is 19.4 Å². The van der Waals surface area contributed by atoms with E-state index in [1.165, 1.54) is 13.2 Å². The van der Waals surface area contributed by atoms with Crippen LogP contribution in [-0.2, 0) is 6.42 Å². The summed E-state index contributed by atoms with van der Waals surface area (Å²) in [5, 5.41) is 12.2. The second-order valence-corrected chi connectivity index (χ2v) is 5.97. The van der Waals surface area contributed by atoms with Gasteiger partial charge in [0.2, 0.25) is 0 Å². The number of rotatable bonds is 4. The van der Waals surface area contributed by atoms with Crippen LogP contribution in [0.3, 0.4) is 0 Å². The van der Waals surface area contributed by atoms with Crippen LogP contribution in [0.25, 0.3) is 0 Å². The number of urea groups is 1. The van der Waals surface area contributed by atoms with Gasteiger partial charge in [-0.25, -0.2) is 9.59 Å². The number of methoxy groups -OCH3 is 1. The molecule has 0 unspecified atom stereocenters. The molecule has 0 fully saturated rings. The highest BCUT2D eigenvalue weighted by Gasteiger charge is 2.25. The molecule has 1 aliphatic heterocycles. The van der Waals surface area contributed by atoms with Crippen molar-refractivity contribution in [2.45, 2.75) is 19.4 Å². The first kappa shape index (κ1) is 16.8. The van der Waals surface area contributed by atoms with Crippen molar-refractivity contribution in [1.82, 2.24) is 5.32 Å². The van der Waals surface area contributed by atoms with Gasteiger partial charge in [0.1, 0.15) is 11.3 Å². The number of benzene rings is 2. The quantitative estimate of drug-likeness (QED) is 0.896. The SMILES string of the molecule is COc1ccc([C@H](C)NC(=O)N2CCc3ccccc32)cc1C(=O)O. The first-order valence-electron chi connectivity index (χ1n) is 8.08. The van der Waals surface area contributed by atoms with Crippen LogP contribution in [0.15, 0.2) is 42.5 Å². The van der Waals surface area contributed by atoms with Gasteiger partial charge in [-0.3, -0.25) is 4.90 Å².